The van der Waals surface area contributed by atoms with Crippen LogP contribution < -0.4 is 4.80 Å². The van der Waals surface area contributed by atoms with Gasteiger partial charge in [0.2, 0.25) is 4.80 Å². The van der Waals surface area contributed by atoms with Crippen molar-refractivity contribution < 1.29 is 18.3 Å². The Kier molecular flexibility index (Phi) is 5.09. The van der Waals surface area contributed by atoms with Gasteiger partial charge in [0.15, 0.2) is 11.6 Å². The number of aromatic hydroxyl groups is 1. The maximum absolute atomic E-state index is 14.1. The van der Waals surface area contributed by atoms with Crippen LogP contribution in [-0.2, 0) is 0 Å². The summed E-state index contributed by atoms with van der Waals surface area (Å²) in [6.07, 6.45) is 3.01. The van der Waals surface area contributed by atoms with Crippen molar-refractivity contribution in [2.24, 2.45) is 10.1 Å². The number of aryl methyl sites for hydroxylation is 1. The van der Waals surface area contributed by atoms with Gasteiger partial charge < -0.3 is 9.52 Å². The highest BCUT2D eigenvalue weighted by Crippen LogP contribution is 2.23. The molecule has 5 nitrogen and oxygen atoms in total. The molecule has 0 saturated heterocycles. The van der Waals surface area contributed by atoms with E-state index in [0.29, 0.717) is 21.8 Å². The fourth-order valence-corrected chi connectivity index (χ4v) is 3.47. The van der Waals surface area contributed by atoms with Crippen LogP contribution in [0.5, 0.6) is 5.75 Å². The van der Waals surface area contributed by atoms with Crippen LogP contribution in [0, 0.1) is 18.6 Å². The molecule has 0 amide bonds. The Balaban J connectivity index is 1.85. The molecule has 8 heteroatoms. The predicted octanol–water partition coefficient (Wildman–Crippen LogP) is 5.22. The van der Waals surface area contributed by atoms with E-state index in [9.17, 15) is 13.9 Å². The van der Waals surface area contributed by atoms with Gasteiger partial charge in [0.05, 0.1) is 12.5 Å². The zero-order valence-electron chi connectivity index (χ0n) is 15.2. The van der Waals surface area contributed by atoms with E-state index in [1.54, 1.807) is 29.6 Å². The summed E-state index contributed by atoms with van der Waals surface area (Å²) in [6.45, 7) is 1.87. The second kappa shape index (κ2) is 7.84. The summed E-state index contributed by atoms with van der Waals surface area (Å²) in [4.78, 5) is 4.63. The number of furan rings is 1. The van der Waals surface area contributed by atoms with Crippen LogP contribution in [0.15, 0.2) is 74.7 Å². The quantitative estimate of drug-likeness (QED) is 0.468. The Morgan fingerprint density at radius 2 is 2.00 bits per heavy atom. The van der Waals surface area contributed by atoms with Gasteiger partial charge in [-0.3, -0.25) is 0 Å². The van der Waals surface area contributed by atoms with Crippen molar-refractivity contribution in [2.75, 3.05) is 0 Å². The average molecular weight is 411 g/mol. The van der Waals surface area contributed by atoms with E-state index in [-0.39, 0.29) is 11.4 Å². The van der Waals surface area contributed by atoms with Crippen molar-refractivity contribution in [1.82, 2.24) is 4.68 Å². The van der Waals surface area contributed by atoms with Crippen LogP contribution in [0.4, 0.5) is 14.5 Å². The van der Waals surface area contributed by atoms with Crippen molar-refractivity contribution in [3.8, 4) is 17.2 Å². The van der Waals surface area contributed by atoms with Gasteiger partial charge in [-0.2, -0.15) is 5.10 Å². The first-order chi connectivity index (χ1) is 14.0. The van der Waals surface area contributed by atoms with Crippen molar-refractivity contribution >= 4 is 23.2 Å². The van der Waals surface area contributed by atoms with Gasteiger partial charge in [-0.1, -0.05) is 6.07 Å². The Morgan fingerprint density at radius 1 is 1.14 bits per heavy atom. The topological polar surface area (TPSA) is 63.0 Å². The summed E-state index contributed by atoms with van der Waals surface area (Å²) in [7, 11) is 0. The molecule has 0 saturated carbocycles. The Hall–Kier alpha value is -3.52. The van der Waals surface area contributed by atoms with Gasteiger partial charge >= 0.3 is 0 Å². The van der Waals surface area contributed by atoms with Gasteiger partial charge in [0.1, 0.15) is 22.9 Å². The highest BCUT2D eigenvalue weighted by atomic mass is 32.1. The summed E-state index contributed by atoms with van der Waals surface area (Å²) in [5.41, 5.74) is 2.02. The van der Waals surface area contributed by atoms with E-state index in [4.69, 9.17) is 4.42 Å². The molecule has 2 heterocycles. The zero-order chi connectivity index (χ0) is 20.4. The molecule has 0 spiro atoms. The van der Waals surface area contributed by atoms with Crippen LogP contribution >= 0.6 is 11.3 Å². The van der Waals surface area contributed by atoms with E-state index in [1.165, 1.54) is 34.6 Å². The summed E-state index contributed by atoms with van der Waals surface area (Å²) >= 11 is 1.22. The predicted molar refractivity (Wildman–Crippen MR) is 107 cm³/mol. The lowest BCUT2D eigenvalue weighted by atomic mass is 10.1. The van der Waals surface area contributed by atoms with Gasteiger partial charge in [0, 0.05) is 17.0 Å². The highest BCUT2D eigenvalue weighted by molar-refractivity contribution is 7.07. The van der Waals surface area contributed by atoms with Crippen LogP contribution in [0.3, 0.4) is 0 Å². The van der Waals surface area contributed by atoms with Crippen molar-refractivity contribution in [1.29, 1.82) is 0 Å². The number of hydrogen-bond donors (Lipinski definition) is 1. The lowest BCUT2D eigenvalue weighted by Gasteiger charge is -2.03. The third-order valence-corrected chi connectivity index (χ3v) is 4.90. The van der Waals surface area contributed by atoms with Gasteiger partial charge in [-0.05, 0) is 48.9 Å². The number of nitrogens with zero attached hydrogens (tertiary/aromatic N) is 3. The second-order valence-electron chi connectivity index (χ2n) is 6.21. The summed E-state index contributed by atoms with van der Waals surface area (Å²) in [5.74, 6) is -0.811. The fourth-order valence-electron chi connectivity index (χ4n) is 2.64. The molecular weight excluding hydrogens is 396 g/mol. The molecular formula is C21H15F2N3O2S. The number of rotatable bonds is 4. The minimum atomic E-state index is -0.773. The third-order valence-electron chi connectivity index (χ3n) is 4.08. The normalized spacial score (nSPS) is 12.2. The molecule has 0 aliphatic carbocycles. The molecule has 0 fully saturated rings. The molecule has 0 bridgehead atoms. The van der Waals surface area contributed by atoms with Gasteiger partial charge in [-0.25, -0.2) is 18.4 Å². The van der Waals surface area contributed by atoms with E-state index < -0.39 is 11.6 Å². The molecule has 2 aromatic carbocycles. The number of hydrogen-bond acceptors (Lipinski definition) is 5. The Bertz CT molecular complexity index is 1260. The molecule has 1 N–H and O–H groups in total. The average Bonchev–Trinajstić information content (AvgIpc) is 3.33. The number of thiazole rings is 1. The van der Waals surface area contributed by atoms with Crippen molar-refractivity contribution in [2.45, 2.75) is 6.92 Å². The van der Waals surface area contributed by atoms with Gasteiger partial charge in [0.25, 0.3) is 0 Å². The van der Waals surface area contributed by atoms with Crippen molar-refractivity contribution in [3.63, 3.8) is 0 Å². The molecule has 0 unspecified atom stereocenters. The van der Waals surface area contributed by atoms with Crippen molar-refractivity contribution in [3.05, 3.63) is 87.7 Å². The Labute approximate surface area is 168 Å². The third kappa shape index (κ3) is 4.02. The highest BCUT2D eigenvalue weighted by Gasteiger charge is 2.11. The summed E-state index contributed by atoms with van der Waals surface area (Å²) in [6, 6.07) is 11.9. The standard InChI is InChI=1S/C21H15F2N3O2S/c1-13-4-5-14(19(27)9-13)11-24-26-18(20-3-2-8-28-20)12-29-21(26)25-17-7-6-15(22)10-16(17)23/h2-12,27H,1H3/b24-11+,25-21-. The fraction of sp³-hybridized carbons (Fsp3) is 0.0476. The first kappa shape index (κ1) is 18.8. The minimum Gasteiger partial charge on any atom is -0.507 e. The van der Waals surface area contributed by atoms with E-state index >= 15 is 0 Å². The van der Waals surface area contributed by atoms with Crippen LogP contribution in [0.1, 0.15) is 11.1 Å². The van der Waals surface area contributed by atoms with Gasteiger partial charge in [-0.15, -0.1) is 11.3 Å². The van der Waals surface area contributed by atoms with E-state index in [2.05, 4.69) is 10.1 Å². The Morgan fingerprint density at radius 3 is 2.72 bits per heavy atom. The SMILES string of the molecule is Cc1ccc(/C=N/n2c(-c3ccco3)cs/c2=N\c2ccc(F)cc2F)c(O)c1. The first-order valence-electron chi connectivity index (χ1n) is 8.59. The monoisotopic (exact) mass is 411 g/mol. The second-order valence-corrected chi connectivity index (χ2v) is 7.04. The largest absolute Gasteiger partial charge is 0.507 e. The molecule has 4 aromatic rings. The molecule has 0 atom stereocenters. The molecule has 0 aliphatic rings. The summed E-state index contributed by atoms with van der Waals surface area (Å²) < 4.78 is 34.2. The minimum absolute atomic E-state index is 0.0126. The zero-order valence-corrected chi connectivity index (χ0v) is 16.0. The van der Waals surface area contributed by atoms with Crippen LogP contribution in [-0.4, -0.2) is 16.0 Å². The molecule has 2 aromatic heterocycles. The van der Waals surface area contributed by atoms with Crippen LogP contribution in [0.25, 0.3) is 11.5 Å². The molecule has 29 heavy (non-hydrogen) atoms. The maximum atomic E-state index is 14.1. The molecule has 4 rings (SSSR count). The number of phenols is 1. The number of benzene rings is 2. The molecule has 0 aliphatic heterocycles. The van der Waals surface area contributed by atoms with E-state index in [0.717, 1.165) is 17.7 Å². The van der Waals surface area contributed by atoms with E-state index in [1.807, 2.05) is 13.0 Å². The van der Waals surface area contributed by atoms with Crippen LogP contribution in [0.2, 0.25) is 0 Å². The smallest absolute Gasteiger partial charge is 0.211 e. The molecule has 0 radical (unpaired) electrons. The molecule has 146 valence electrons. The lowest BCUT2D eigenvalue weighted by Crippen LogP contribution is -2.11. The summed E-state index contributed by atoms with van der Waals surface area (Å²) in [5, 5.41) is 16.3. The number of phenolic OH excluding ortho intramolecular Hbond substituents is 1. The maximum Gasteiger partial charge on any atom is 0.211 e. The number of aromatic nitrogens is 1. The first-order valence-corrected chi connectivity index (χ1v) is 9.47. The lowest BCUT2D eigenvalue weighted by molar-refractivity contribution is 0.474. The number of halogens is 2.